The molecule has 1 N–H and O–H groups in total. The molecule has 134 valence electrons. The quantitative estimate of drug-likeness (QED) is 0.662. The fourth-order valence-corrected chi connectivity index (χ4v) is 3.30. The Balaban J connectivity index is 1.62. The number of rotatable bonds is 5. The Bertz CT molecular complexity index is 766. The predicted octanol–water partition coefficient (Wildman–Crippen LogP) is 2.99. The summed E-state index contributed by atoms with van der Waals surface area (Å²) in [6.45, 7) is 4.63. The van der Waals surface area contributed by atoms with Gasteiger partial charge in [-0.3, -0.25) is 19.6 Å². The third kappa shape index (κ3) is 3.89. The molecule has 0 radical (unpaired) electrons. The lowest BCUT2D eigenvalue weighted by Gasteiger charge is -2.34. The van der Waals surface area contributed by atoms with Gasteiger partial charge in [-0.1, -0.05) is 26.7 Å². The lowest BCUT2D eigenvalue weighted by molar-refractivity contribution is -0.385. The molecule has 2 heterocycles. The Hall–Kier alpha value is -2.64. The lowest BCUT2D eigenvalue weighted by atomic mass is 9.78. The highest BCUT2D eigenvalue weighted by Crippen LogP contribution is 2.29. The van der Waals surface area contributed by atoms with E-state index in [-0.39, 0.29) is 29.9 Å². The van der Waals surface area contributed by atoms with Crippen molar-refractivity contribution in [3.05, 3.63) is 46.2 Å². The molecular weight excluding hydrogens is 324 g/mol. The average Bonchev–Trinajstić information content (AvgIpc) is 3.22. The first-order chi connectivity index (χ1) is 11.9. The van der Waals surface area contributed by atoms with Crippen molar-refractivity contribution in [3.8, 4) is 0 Å². The minimum atomic E-state index is -0.503. The largest absolute Gasteiger partial charge is 0.454 e. The van der Waals surface area contributed by atoms with Gasteiger partial charge in [-0.2, -0.15) is 5.10 Å². The van der Waals surface area contributed by atoms with E-state index in [4.69, 9.17) is 4.42 Å². The number of nitrogens with one attached hydrogen (secondary N) is 1. The zero-order chi connectivity index (χ0) is 18.0. The molecule has 0 saturated heterocycles. The van der Waals surface area contributed by atoms with E-state index in [1.807, 2.05) is 0 Å². The minimum Gasteiger partial charge on any atom is -0.454 e. The highest BCUT2D eigenvalue weighted by atomic mass is 16.6. The van der Waals surface area contributed by atoms with Crippen molar-refractivity contribution in [2.75, 3.05) is 0 Å². The Kier molecular flexibility index (Phi) is 4.87. The molecule has 1 aliphatic carbocycles. The summed E-state index contributed by atoms with van der Waals surface area (Å²) in [5.74, 6) is 1.59. The Morgan fingerprint density at radius 1 is 1.44 bits per heavy atom. The van der Waals surface area contributed by atoms with Crippen LogP contribution >= 0.6 is 0 Å². The molecule has 0 aliphatic heterocycles. The molecule has 0 unspecified atom stereocenters. The van der Waals surface area contributed by atoms with Gasteiger partial charge in [0.15, 0.2) is 5.76 Å². The average molecular weight is 346 g/mol. The molecule has 1 aliphatic rings. The van der Waals surface area contributed by atoms with E-state index in [9.17, 15) is 14.9 Å². The van der Waals surface area contributed by atoms with Crippen molar-refractivity contribution in [2.45, 2.75) is 45.7 Å². The van der Waals surface area contributed by atoms with Crippen LogP contribution in [0.25, 0.3) is 0 Å². The van der Waals surface area contributed by atoms with Crippen LogP contribution in [-0.2, 0) is 6.54 Å². The van der Waals surface area contributed by atoms with Gasteiger partial charge in [0, 0.05) is 6.04 Å². The molecule has 1 saturated carbocycles. The van der Waals surface area contributed by atoms with Gasteiger partial charge in [0.1, 0.15) is 18.2 Å². The maximum absolute atomic E-state index is 12.4. The molecule has 3 rings (SSSR count). The van der Waals surface area contributed by atoms with Crippen LogP contribution in [0.2, 0.25) is 0 Å². The molecule has 25 heavy (non-hydrogen) atoms. The number of aromatic nitrogens is 2. The second kappa shape index (κ2) is 7.08. The van der Waals surface area contributed by atoms with E-state index in [1.54, 1.807) is 12.1 Å². The maximum atomic E-state index is 12.4. The van der Waals surface area contributed by atoms with Crippen LogP contribution < -0.4 is 5.32 Å². The van der Waals surface area contributed by atoms with Crippen molar-refractivity contribution in [3.63, 3.8) is 0 Å². The van der Waals surface area contributed by atoms with Crippen LogP contribution in [0.4, 0.5) is 5.69 Å². The van der Waals surface area contributed by atoms with E-state index in [2.05, 4.69) is 24.3 Å². The van der Waals surface area contributed by atoms with Crippen LogP contribution in [0.5, 0.6) is 0 Å². The molecule has 8 nitrogen and oxygen atoms in total. The molecule has 1 amide bonds. The molecule has 1 fully saturated rings. The summed E-state index contributed by atoms with van der Waals surface area (Å²) in [5.41, 5.74) is -0.0788. The third-order valence-corrected chi connectivity index (χ3v) is 5.06. The number of amides is 1. The third-order valence-electron chi connectivity index (χ3n) is 5.06. The van der Waals surface area contributed by atoms with Gasteiger partial charge in [0.2, 0.25) is 0 Å². The Labute approximate surface area is 145 Å². The Morgan fingerprint density at radius 3 is 2.96 bits per heavy atom. The second-order valence-electron chi connectivity index (χ2n) is 6.77. The molecule has 0 aromatic carbocycles. The van der Waals surface area contributed by atoms with E-state index >= 15 is 0 Å². The number of furan rings is 1. The highest BCUT2D eigenvalue weighted by molar-refractivity contribution is 5.91. The maximum Gasteiger partial charge on any atom is 0.307 e. The molecule has 0 bridgehead atoms. The summed E-state index contributed by atoms with van der Waals surface area (Å²) in [7, 11) is 0. The number of hydrogen-bond acceptors (Lipinski definition) is 5. The van der Waals surface area contributed by atoms with Gasteiger partial charge in [0.25, 0.3) is 5.91 Å². The molecular formula is C17H22N4O4. The molecule has 0 spiro atoms. The number of carbonyl (C=O) groups is 1. The topological polar surface area (TPSA) is 103 Å². The van der Waals surface area contributed by atoms with Gasteiger partial charge in [-0.15, -0.1) is 0 Å². The smallest absolute Gasteiger partial charge is 0.307 e. The number of carbonyl (C=O) groups excluding carboxylic acids is 1. The number of hydrogen-bond donors (Lipinski definition) is 1. The molecule has 3 atom stereocenters. The molecule has 2 aromatic heterocycles. The normalized spacial score (nSPS) is 23.4. The van der Waals surface area contributed by atoms with Gasteiger partial charge >= 0.3 is 5.69 Å². The van der Waals surface area contributed by atoms with Gasteiger partial charge in [0.05, 0.1) is 11.5 Å². The first kappa shape index (κ1) is 17.2. The van der Waals surface area contributed by atoms with E-state index in [0.29, 0.717) is 17.6 Å². The predicted molar refractivity (Wildman–Crippen MR) is 90.1 cm³/mol. The minimum absolute atomic E-state index is 0.0788. The highest BCUT2D eigenvalue weighted by Gasteiger charge is 2.29. The van der Waals surface area contributed by atoms with Crippen molar-refractivity contribution in [2.24, 2.45) is 11.8 Å². The van der Waals surface area contributed by atoms with E-state index in [0.717, 1.165) is 12.8 Å². The summed E-state index contributed by atoms with van der Waals surface area (Å²) >= 11 is 0. The van der Waals surface area contributed by atoms with Crippen molar-refractivity contribution in [1.29, 1.82) is 0 Å². The molecule has 8 heteroatoms. The van der Waals surface area contributed by atoms with Crippen molar-refractivity contribution < 1.29 is 14.1 Å². The van der Waals surface area contributed by atoms with Crippen LogP contribution in [0.15, 0.2) is 28.9 Å². The van der Waals surface area contributed by atoms with Gasteiger partial charge < -0.3 is 9.73 Å². The van der Waals surface area contributed by atoms with Crippen LogP contribution in [0.3, 0.4) is 0 Å². The first-order valence-corrected chi connectivity index (χ1v) is 8.50. The standard InChI is InChI=1S/C17H22N4O4/c1-11-4-3-5-15(12(11)2)19-17(22)16-7-6-14(25-16)10-20-9-13(8-18-20)21(23)24/h6-9,11-12,15H,3-5,10H2,1-2H3,(H,19,22)/t11-,12+,15-/m1/s1. The van der Waals surface area contributed by atoms with Crippen LogP contribution in [-0.4, -0.2) is 26.7 Å². The van der Waals surface area contributed by atoms with Crippen LogP contribution in [0.1, 0.15) is 49.4 Å². The summed E-state index contributed by atoms with van der Waals surface area (Å²) < 4.78 is 6.99. The van der Waals surface area contributed by atoms with Crippen molar-refractivity contribution >= 4 is 11.6 Å². The van der Waals surface area contributed by atoms with E-state index < -0.39 is 4.92 Å². The SMILES string of the molecule is C[C@H]1[C@H](C)CCC[C@H]1NC(=O)c1ccc(Cn2cc([N+](=O)[O-])cn2)o1. The van der Waals surface area contributed by atoms with E-state index in [1.165, 1.54) is 23.5 Å². The van der Waals surface area contributed by atoms with Crippen molar-refractivity contribution in [1.82, 2.24) is 15.1 Å². The van der Waals surface area contributed by atoms with Gasteiger partial charge in [-0.25, -0.2) is 0 Å². The fourth-order valence-electron chi connectivity index (χ4n) is 3.30. The first-order valence-electron chi connectivity index (χ1n) is 8.50. The lowest BCUT2D eigenvalue weighted by Crippen LogP contribution is -2.43. The summed E-state index contributed by atoms with van der Waals surface area (Å²) in [5, 5.41) is 17.7. The summed E-state index contributed by atoms with van der Waals surface area (Å²) in [6, 6.07) is 3.48. The Morgan fingerprint density at radius 2 is 2.24 bits per heavy atom. The molecule has 2 aromatic rings. The van der Waals surface area contributed by atoms with Gasteiger partial charge in [-0.05, 0) is 30.4 Å². The number of nitro groups is 1. The second-order valence-corrected chi connectivity index (χ2v) is 6.77. The van der Waals surface area contributed by atoms with Crippen LogP contribution in [0, 0.1) is 22.0 Å². The zero-order valence-corrected chi connectivity index (χ0v) is 14.3. The summed E-state index contributed by atoms with van der Waals surface area (Å²) in [6.07, 6.45) is 5.82. The number of nitrogens with zero attached hydrogens (tertiary/aromatic N) is 3. The zero-order valence-electron chi connectivity index (χ0n) is 14.3. The summed E-state index contributed by atoms with van der Waals surface area (Å²) in [4.78, 5) is 22.6. The fraction of sp³-hybridized carbons (Fsp3) is 0.529. The monoisotopic (exact) mass is 346 g/mol.